The molecule has 1 heteroatoms. The predicted octanol–water partition coefficient (Wildman–Crippen LogP) is 5.25. The summed E-state index contributed by atoms with van der Waals surface area (Å²) in [5.41, 5.74) is -1.34. The number of alkyl halides is 1. The number of hydrogen-bond donors (Lipinski definition) is 0. The highest BCUT2D eigenvalue weighted by molar-refractivity contribution is 5.15. The average molecular weight is 248 g/mol. The van der Waals surface area contributed by atoms with Crippen LogP contribution in [0.2, 0.25) is 0 Å². The molecule has 4 unspecified atom stereocenters. The first-order chi connectivity index (χ1) is 8.39. The van der Waals surface area contributed by atoms with E-state index >= 15 is 0 Å². The van der Waals surface area contributed by atoms with E-state index in [1.165, 1.54) is 0 Å². The molecule has 0 bridgehead atoms. The molecule has 100 valence electrons. The first kappa shape index (κ1) is 14.9. The molecule has 0 aromatic carbocycles. The normalized spacial score (nSPS) is 41.5. The third-order valence-corrected chi connectivity index (χ3v) is 3.14. The Morgan fingerprint density at radius 1 is 0.889 bits per heavy atom. The predicted molar refractivity (Wildman–Crippen MR) is 78.2 cm³/mol. The Balaban J connectivity index is 2.90. The monoisotopic (exact) mass is 248 g/mol. The van der Waals surface area contributed by atoms with Gasteiger partial charge in [0.1, 0.15) is 5.67 Å². The molecule has 4 atom stereocenters. The zero-order valence-electron chi connectivity index (χ0n) is 11.9. The number of rotatable bonds is 0. The molecule has 0 nitrogen and oxygen atoms in total. The highest BCUT2D eigenvalue weighted by atomic mass is 19.1. The van der Waals surface area contributed by atoms with E-state index < -0.39 is 5.67 Å². The smallest absolute Gasteiger partial charge is 0.144 e. The van der Waals surface area contributed by atoms with Gasteiger partial charge in [0.2, 0.25) is 0 Å². The molecule has 1 aliphatic carbocycles. The molecule has 0 saturated heterocycles. The Hall–Kier alpha value is -1.11. The average Bonchev–Trinajstić information content (AvgIpc) is 2.31. The first-order valence-electron chi connectivity index (χ1n) is 6.81. The lowest BCUT2D eigenvalue weighted by Crippen LogP contribution is -2.10. The zero-order valence-corrected chi connectivity index (χ0v) is 11.9. The maximum Gasteiger partial charge on any atom is 0.144 e. The van der Waals surface area contributed by atoms with Gasteiger partial charge < -0.3 is 0 Å². The Morgan fingerprint density at radius 2 is 1.44 bits per heavy atom. The summed E-state index contributed by atoms with van der Waals surface area (Å²) in [6, 6.07) is 0. The summed E-state index contributed by atoms with van der Waals surface area (Å²) in [6.07, 6.45) is 16.8. The van der Waals surface area contributed by atoms with Crippen molar-refractivity contribution in [2.75, 3.05) is 0 Å². The lowest BCUT2D eigenvalue weighted by Gasteiger charge is -2.11. The van der Waals surface area contributed by atoms with Gasteiger partial charge in [-0.3, -0.25) is 0 Å². The van der Waals surface area contributed by atoms with Crippen LogP contribution in [0, 0.1) is 17.8 Å². The molecule has 0 heterocycles. The molecule has 18 heavy (non-hydrogen) atoms. The van der Waals surface area contributed by atoms with Crippen molar-refractivity contribution in [3.05, 3.63) is 48.6 Å². The van der Waals surface area contributed by atoms with Gasteiger partial charge in [-0.05, 0) is 43.3 Å². The number of allylic oxidation sites excluding steroid dienone is 8. The van der Waals surface area contributed by atoms with Crippen molar-refractivity contribution < 1.29 is 4.39 Å². The van der Waals surface area contributed by atoms with E-state index in [1.807, 2.05) is 12.2 Å². The molecule has 0 amide bonds. The van der Waals surface area contributed by atoms with Gasteiger partial charge in [0.15, 0.2) is 0 Å². The standard InChI is InChI=1S/C17H25F/c1-14-6-5-12-17(4,18)13-11-16(3)10-9-15(2)8-7-14/h5,7-16H,6H2,1-4H3/b8-7?,10-9-,12-5?,13-11-. The second kappa shape index (κ2) is 6.72. The Morgan fingerprint density at radius 3 is 2.11 bits per heavy atom. The molecule has 0 saturated carbocycles. The second-order valence-corrected chi connectivity index (χ2v) is 5.61. The maximum absolute atomic E-state index is 14.1. The molecule has 0 radical (unpaired) electrons. The van der Waals surface area contributed by atoms with Crippen molar-refractivity contribution >= 4 is 0 Å². The fraction of sp³-hybridized carbons (Fsp3) is 0.529. The van der Waals surface area contributed by atoms with Gasteiger partial charge in [0.05, 0.1) is 0 Å². The van der Waals surface area contributed by atoms with E-state index in [2.05, 4.69) is 45.1 Å². The SMILES string of the molecule is CC1C=CC(C)CC=CC(C)(F)/C=C\C(C)/C=C\1. The van der Waals surface area contributed by atoms with Crippen molar-refractivity contribution in [3.63, 3.8) is 0 Å². The minimum Gasteiger partial charge on any atom is -0.235 e. The Labute approximate surface area is 111 Å². The first-order valence-corrected chi connectivity index (χ1v) is 6.81. The zero-order chi connectivity index (χ0) is 13.6. The summed E-state index contributed by atoms with van der Waals surface area (Å²) < 4.78 is 14.1. The molecule has 0 spiro atoms. The summed E-state index contributed by atoms with van der Waals surface area (Å²) in [5.74, 6) is 1.15. The lowest BCUT2D eigenvalue weighted by molar-refractivity contribution is 0.326. The van der Waals surface area contributed by atoms with Crippen LogP contribution in [-0.4, -0.2) is 5.67 Å². The molecule has 0 aliphatic heterocycles. The van der Waals surface area contributed by atoms with E-state index in [4.69, 9.17) is 0 Å². The van der Waals surface area contributed by atoms with Gasteiger partial charge in [-0.25, -0.2) is 4.39 Å². The summed E-state index contributed by atoms with van der Waals surface area (Å²) >= 11 is 0. The fourth-order valence-corrected chi connectivity index (χ4v) is 1.83. The minimum atomic E-state index is -1.34. The van der Waals surface area contributed by atoms with Crippen molar-refractivity contribution in [2.45, 2.75) is 39.8 Å². The number of hydrogen-bond acceptors (Lipinski definition) is 0. The molecule has 0 N–H and O–H groups in total. The van der Waals surface area contributed by atoms with E-state index in [-0.39, 0.29) is 5.92 Å². The van der Waals surface area contributed by atoms with Gasteiger partial charge in [-0.15, -0.1) is 0 Å². The summed E-state index contributed by atoms with van der Waals surface area (Å²) in [7, 11) is 0. The van der Waals surface area contributed by atoms with Gasteiger partial charge in [0, 0.05) is 0 Å². The topological polar surface area (TPSA) is 0 Å². The third kappa shape index (κ3) is 6.00. The van der Waals surface area contributed by atoms with E-state index in [0.29, 0.717) is 11.8 Å². The summed E-state index contributed by atoms with van der Waals surface area (Å²) in [4.78, 5) is 0. The van der Waals surface area contributed by atoms with Gasteiger partial charge >= 0.3 is 0 Å². The second-order valence-electron chi connectivity index (χ2n) is 5.61. The van der Waals surface area contributed by atoms with E-state index in [1.54, 1.807) is 19.1 Å². The summed E-state index contributed by atoms with van der Waals surface area (Å²) in [6.45, 7) is 8.00. The highest BCUT2D eigenvalue weighted by Gasteiger charge is 2.14. The lowest BCUT2D eigenvalue weighted by atomic mass is 10.0. The van der Waals surface area contributed by atoms with Crippen LogP contribution in [0.1, 0.15) is 34.1 Å². The molecular weight excluding hydrogens is 223 g/mol. The van der Waals surface area contributed by atoms with E-state index in [9.17, 15) is 4.39 Å². The van der Waals surface area contributed by atoms with Gasteiger partial charge in [-0.1, -0.05) is 57.2 Å². The molecule has 1 aliphatic rings. The Bertz CT molecular complexity index is 358. The maximum atomic E-state index is 14.1. The van der Waals surface area contributed by atoms with Crippen molar-refractivity contribution in [2.24, 2.45) is 17.8 Å². The summed E-state index contributed by atoms with van der Waals surface area (Å²) in [5, 5.41) is 0. The largest absolute Gasteiger partial charge is 0.235 e. The fourth-order valence-electron chi connectivity index (χ4n) is 1.83. The molecule has 1 rings (SSSR count). The van der Waals surface area contributed by atoms with Crippen LogP contribution in [-0.2, 0) is 0 Å². The van der Waals surface area contributed by atoms with Crippen molar-refractivity contribution in [3.8, 4) is 0 Å². The number of halogens is 1. The van der Waals surface area contributed by atoms with Crippen molar-refractivity contribution in [1.82, 2.24) is 0 Å². The Kier molecular flexibility index (Phi) is 5.58. The van der Waals surface area contributed by atoms with E-state index in [0.717, 1.165) is 6.42 Å². The van der Waals surface area contributed by atoms with Gasteiger partial charge in [0.25, 0.3) is 0 Å². The minimum absolute atomic E-state index is 0.266. The molecular formula is C17H25F. The quantitative estimate of drug-likeness (QED) is 0.513. The third-order valence-electron chi connectivity index (χ3n) is 3.14. The van der Waals surface area contributed by atoms with Crippen LogP contribution in [0.15, 0.2) is 48.6 Å². The molecule has 0 aromatic heterocycles. The van der Waals surface area contributed by atoms with Crippen LogP contribution >= 0.6 is 0 Å². The van der Waals surface area contributed by atoms with Crippen LogP contribution in [0.5, 0.6) is 0 Å². The van der Waals surface area contributed by atoms with Crippen LogP contribution in [0.25, 0.3) is 0 Å². The van der Waals surface area contributed by atoms with Crippen LogP contribution in [0.4, 0.5) is 4.39 Å². The van der Waals surface area contributed by atoms with Crippen molar-refractivity contribution in [1.29, 1.82) is 0 Å². The van der Waals surface area contributed by atoms with Crippen LogP contribution < -0.4 is 0 Å². The van der Waals surface area contributed by atoms with Gasteiger partial charge in [-0.2, -0.15) is 0 Å². The highest BCUT2D eigenvalue weighted by Crippen LogP contribution is 2.19. The molecule has 0 aromatic rings. The molecule has 0 fully saturated rings. The van der Waals surface area contributed by atoms with Crippen LogP contribution in [0.3, 0.4) is 0 Å².